The van der Waals surface area contributed by atoms with E-state index in [1.54, 1.807) is 7.11 Å². The second-order valence-corrected chi connectivity index (χ2v) is 5.98. The predicted octanol–water partition coefficient (Wildman–Crippen LogP) is 3.02. The van der Waals surface area contributed by atoms with Crippen LogP contribution in [-0.4, -0.2) is 25.7 Å². The number of anilines is 1. The Hall–Kier alpha value is -0.740. The van der Waals surface area contributed by atoms with Crippen LogP contribution in [0.1, 0.15) is 20.3 Å². The monoisotopic (exact) mass is 312 g/mol. The second-order valence-electron chi connectivity index (χ2n) is 5.06. The molecule has 4 heteroatoms. The summed E-state index contributed by atoms with van der Waals surface area (Å²) in [5, 5.41) is 0. The Morgan fingerprint density at radius 2 is 2.11 bits per heavy atom. The minimum Gasteiger partial charge on any atom is -0.495 e. The lowest BCUT2D eigenvalue weighted by molar-refractivity contribution is 0.312. The standard InChI is InChI=1S/C14H21BrN2O/c1-9-10(2)17(7-6-12(9)16)13-8-11(15)4-5-14(13)18-3/h4-5,8-10,12H,6-7,16H2,1-3H3. The van der Waals surface area contributed by atoms with Gasteiger partial charge >= 0.3 is 0 Å². The summed E-state index contributed by atoms with van der Waals surface area (Å²) in [7, 11) is 1.72. The molecule has 3 atom stereocenters. The Labute approximate surface area is 117 Å². The molecule has 0 aliphatic carbocycles. The van der Waals surface area contributed by atoms with E-state index in [1.165, 1.54) is 0 Å². The highest BCUT2D eigenvalue weighted by Crippen LogP contribution is 2.36. The van der Waals surface area contributed by atoms with Crippen molar-refractivity contribution in [2.45, 2.75) is 32.4 Å². The number of piperidine rings is 1. The molecule has 0 amide bonds. The van der Waals surface area contributed by atoms with Crippen LogP contribution in [0.5, 0.6) is 5.75 Å². The summed E-state index contributed by atoms with van der Waals surface area (Å²) in [6, 6.07) is 6.86. The molecule has 1 aromatic rings. The summed E-state index contributed by atoms with van der Waals surface area (Å²) in [5.74, 6) is 1.41. The van der Waals surface area contributed by atoms with Gasteiger partial charge in [0.25, 0.3) is 0 Å². The number of rotatable bonds is 2. The molecule has 0 spiro atoms. The van der Waals surface area contributed by atoms with Crippen molar-refractivity contribution >= 4 is 21.6 Å². The van der Waals surface area contributed by atoms with Crippen molar-refractivity contribution in [1.29, 1.82) is 0 Å². The van der Waals surface area contributed by atoms with Crippen LogP contribution >= 0.6 is 15.9 Å². The summed E-state index contributed by atoms with van der Waals surface area (Å²) in [6.45, 7) is 5.45. The highest BCUT2D eigenvalue weighted by atomic mass is 79.9. The Morgan fingerprint density at radius 1 is 1.39 bits per heavy atom. The van der Waals surface area contributed by atoms with Crippen LogP contribution in [0, 0.1) is 5.92 Å². The van der Waals surface area contributed by atoms with Crippen LogP contribution in [-0.2, 0) is 0 Å². The van der Waals surface area contributed by atoms with E-state index in [2.05, 4.69) is 40.7 Å². The zero-order valence-electron chi connectivity index (χ0n) is 11.2. The summed E-state index contributed by atoms with van der Waals surface area (Å²) in [4.78, 5) is 2.40. The van der Waals surface area contributed by atoms with Gasteiger partial charge in [0, 0.05) is 23.1 Å². The first-order valence-electron chi connectivity index (χ1n) is 6.40. The molecule has 1 aromatic carbocycles. The molecular weight excluding hydrogens is 292 g/mol. The van der Waals surface area contributed by atoms with Gasteiger partial charge in [0.2, 0.25) is 0 Å². The molecule has 1 fully saturated rings. The lowest BCUT2D eigenvalue weighted by atomic mass is 9.87. The SMILES string of the molecule is COc1ccc(Br)cc1N1CCC(N)C(C)C1C. The van der Waals surface area contributed by atoms with Crippen molar-refractivity contribution in [3.8, 4) is 5.75 Å². The summed E-state index contributed by atoms with van der Waals surface area (Å²) in [5.41, 5.74) is 7.29. The minimum absolute atomic E-state index is 0.300. The summed E-state index contributed by atoms with van der Waals surface area (Å²) < 4.78 is 6.55. The highest BCUT2D eigenvalue weighted by Gasteiger charge is 2.31. The Kier molecular flexibility index (Phi) is 4.17. The Balaban J connectivity index is 2.33. The van der Waals surface area contributed by atoms with Crippen molar-refractivity contribution in [2.75, 3.05) is 18.6 Å². The van der Waals surface area contributed by atoms with Gasteiger partial charge < -0.3 is 15.4 Å². The van der Waals surface area contributed by atoms with Crippen LogP contribution in [0.15, 0.2) is 22.7 Å². The summed E-state index contributed by atoms with van der Waals surface area (Å²) in [6.07, 6.45) is 1.03. The third-order valence-corrected chi connectivity index (χ3v) is 4.57. The predicted molar refractivity (Wildman–Crippen MR) is 79.3 cm³/mol. The largest absolute Gasteiger partial charge is 0.495 e. The molecule has 100 valence electrons. The molecular formula is C14H21BrN2O. The van der Waals surface area contributed by atoms with Gasteiger partial charge in [-0.25, -0.2) is 0 Å². The van der Waals surface area contributed by atoms with Crippen molar-refractivity contribution in [1.82, 2.24) is 0 Å². The third kappa shape index (κ3) is 2.50. The van der Waals surface area contributed by atoms with E-state index < -0.39 is 0 Å². The first-order chi connectivity index (χ1) is 8.54. The van der Waals surface area contributed by atoms with Gasteiger partial charge in [-0.2, -0.15) is 0 Å². The molecule has 0 saturated carbocycles. The molecule has 1 aliphatic rings. The van der Waals surface area contributed by atoms with Gasteiger partial charge in [0.05, 0.1) is 12.8 Å². The number of nitrogens with two attached hydrogens (primary N) is 1. The fraction of sp³-hybridized carbons (Fsp3) is 0.571. The Bertz CT molecular complexity index is 424. The first-order valence-corrected chi connectivity index (χ1v) is 7.19. The number of ether oxygens (including phenoxy) is 1. The fourth-order valence-electron chi connectivity index (χ4n) is 2.62. The van der Waals surface area contributed by atoms with E-state index in [4.69, 9.17) is 10.5 Å². The van der Waals surface area contributed by atoms with Crippen LogP contribution in [0.2, 0.25) is 0 Å². The van der Waals surface area contributed by atoms with E-state index >= 15 is 0 Å². The van der Waals surface area contributed by atoms with E-state index in [9.17, 15) is 0 Å². The molecule has 18 heavy (non-hydrogen) atoms. The number of hydrogen-bond donors (Lipinski definition) is 1. The van der Waals surface area contributed by atoms with Crippen molar-refractivity contribution in [2.24, 2.45) is 11.7 Å². The number of hydrogen-bond acceptors (Lipinski definition) is 3. The van der Waals surface area contributed by atoms with Crippen LogP contribution in [0.4, 0.5) is 5.69 Å². The molecule has 1 saturated heterocycles. The lowest BCUT2D eigenvalue weighted by Crippen LogP contribution is -2.52. The highest BCUT2D eigenvalue weighted by molar-refractivity contribution is 9.10. The number of halogens is 1. The van der Waals surface area contributed by atoms with E-state index in [0.29, 0.717) is 18.0 Å². The average molecular weight is 313 g/mol. The van der Waals surface area contributed by atoms with Gasteiger partial charge in [-0.15, -0.1) is 0 Å². The number of methoxy groups -OCH3 is 1. The van der Waals surface area contributed by atoms with Crippen molar-refractivity contribution in [3.05, 3.63) is 22.7 Å². The van der Waals surface area contributed by atoms with Gasteiger partial charge in [-0.05, 0) is 37.5 Å². The molecule has 1 heterocycles. The van der Waals surface area contributed by atoms with Gasteiger partial charge in [0.1, 0.15) is 5.75 Å². The third-order valence-electron chi connectivity index (χ3n) is 4.08. The molecule has 2 rings (SSSR count). The van der Waals surface area contributed by atoms with Gasteiger partial charge in [-0.1, -0.05) is 22.9 Å². The maximum Gasteiger partial charge on any atom is 0.142 e. The molecule has 2 N–H and O–H groups in total. The number of nitrogens with zero attached hydrogens (tertiary/aromatic N) is 1. The van der Waals surface area contributed by atoms with E-state index in [-0.39, 0.29) is 0 Å². The summed E-state index contributed by atoms with van der Waals surface area (Å²) >= 11 is 3.53. The van der Waals surface area contributed by atoms with E-state index in [1.807, 2.05) is 12.1 Å². The zero-order chi connectivity index (χ0) is 13.3. The molecule has 0 aromatic heterocycles. The van der Waals surface area contributed by atoms with Crippen LogP contribution in [0.25, 0.3) is 0 Å². The maximum atomic E-state index is 6.14. The molecule has 3 unspecified atom stereocenters. The lowest BCUT2D eigenvalue weighted by Gasteiger charge is -2.43. The molecule has 1 aliphatic heterocycles. The van der Waals surface area contributed by atoms with Crippen LogP contribution in [0.3, 0.4) is 0 Å². The average Bonchev–Trinajstić information content (AvgIpc) is 2.36. The second kappa shape index (κ2) is 5.49. The van der Waals surface area contributed by atoms with Gasteiger partial charge in [-0.3, -0.25) is 0 Å². The molecule has 0 bridgehead atoms. The maximum absolute atomic E-state index is 6.14. The topological polar surface area (TPSA) is 38.5 Å². The number of benzene rings is 1. The molecule has 3 nitrogen and oxygen atoms in total. The molecule has 0 radical (unpaired) electrons. The van der Waals surface area contributed by atoms with Crippen molar-refractivity contribution < 1.29 is 4.74 Å². The fourth-order valence-corrected chi connectivity index (χ4v) is 2.97. The van der Waals surface area contributed by atoms with E-state index in [0.717, 1.165) is 28.9 Å². The zero-order valence-corrected chi connectivity index (χ0v) is 12.8. The quantitative estimate of drug-likeness (QED) is 0.912. The normalized spacial score (nSPS) is 28.3. The van der Waals surface area contributed by atoms with Gasteiger partial charge in [0.15, 0.2) is 0 Å². The van der Waals surface area contributed by atoms with Crippen LogP contribution < -0.4 is 15.4 Å². The first kappa shape index (κ1) is 13.7. The minimum atomic E-state index is 0.300. The smallest absolute Gasteiger partial charge is 0.142 e. The van der Waals surface area contributed by atoms with Crippen molar-refractivity contribution in [3.63, 3.8) is 0 Å². The Morgan fingerprint density at radius 3 is 2.78 bits per heavy atom.